The molecule has 2 aromatic rings. The molecule has 0 fully saturated rings. The molecule has 1 aromatic heterocycles. The maximum absolute atomic E-state index is 12.0. The number of halogens is 1. The Kier molecular flexibility index (Phi) is 4.21. The fraction of sp³-hybridized carbons (Fsp3) is 0.231. The van der Waals surface area contributed by atoms with E-state index in [1.807, 2.05) is 19.3 Å². The van der Waals surface area contributed by atoms with Gasteiger partial charge in [0.2, 0.25) is 0 Å². The second-order valence-corrected chi connectivity index (χ2v) is 4.99. The second-order valence-electron chi connectivity index (χ2n) is 4.20. The number of nitrogens with one attached hydrogen (secondary N) is 1. The van der Waals surface area contributed by atoms with E-state index >= 15 is 0 Å². The third-order valence-electron chi connectivity index (χ3n) is 2.71. The number of hydrogen-bond acceptors (Lipinski definition) is 3. The largest absolute Gasteiger partial charge is 0.398 e. The number of carbonyl (C=O) groups is 1. The highest BCUT2D eigenvalue weighted by atomic mass is 79.9. The number of aryl methyl sites for hydroxylation is 1. The lowest BCUT2D eigenvalue weighted by molar-refractivity contribution is 0.0953. The summed E-state index contributed by atoms with van der Waals surface area (Å²) in [5, 5.41) is 7.10. The van der Waals surface area contributed by atoms with Gasteiger partial charge in [-0.05, 0) is 34.1 Å². The fourth-order valence-corrected chi connectivity index (χ4v) is 2.17. The number of nitrogen functional groups attached to an aromatic ring is 1. The van der Waals surface area contributed by atoms with Crippen LogP contribution < -0.4 is 11.1 Å². The lowest BCUT2D eigenvalue weighted by atomic mass is 10.2. The van der Waals surface area contributed by atoms with Crippen LogP contribution in [0.1, 0.15) is 16.1 Å². The zero-order chi connectivity index (χ0) is 13.8. The molecule has 0 unspecified atom stereocenters. The molecule has 6 heteroatoms. The Morgan fingerprint density at radius 2 is 2.26 bits per heavy atom. The summed E-state index contributed by atoms with van der Waals surface area (Å²) in [6.07, 6.45) is 2.58. The minimum atomic E-state index is -0.143. The average Bonchev–Trinajstić information content (AvgIpc) is 2.78. The number of benzene rings is 1. The van der Waals surface area contributed by atoms with Gasteiger partial charge < -0.3 is 11.1 Å². The zero-order valence-electron chi connectivity index (χ0n) is 10.6. The highest BCUT2D eigenvalue weighted by Crippen LogP contribution is 2.23. The molecule has 0 saturated carbocycles. The molecule has 100 valence electrons. The monoisotopic (exact) mass is 322 g/mol. The van der Waals surface area contributed by atoms with E-state index in [-0.39, 0.29) is 5.91 Å². The molecule has 0 saturated heterocycles. The Hall–Kier alpha value is -1.82. The third-order valence-corrected chi connectivity index (χ3v) is 3.59. The standard InChI is InChI=1S/C13H15BrN4O/c1-18-8-6-9(17-18)5-7-16-13(19)10-3-2-4-11(15)12(10)14/h2-4,6,8H,5,7,15H2,1H3,(H,16,19). The number of amides is 1. The number of anilines is 1. The summed E-state index contributed by atoms with van der Waals surface area (Å²) in [6.45, 7) is 0.539. The van der Waals surface area contributed by atoms with E-state index < -0.39 is 0 Å². The van der Waals surface area contributed by atoms with Crippen LogP contribution in [0.25, 0.3) is 0 Å². The van der Waals surface area contributed by atoms with E-state index in [1.54, 1.807) is 22.9 Å². The van der Waals surface area contributed by atoms with Gasteiger partial charge in [-0.25, -0.2) is 0 Å². The molecule has 0 spiro atoms. The predicted molar refractivity (Wildman–Crippen MR) is 77.8 cm³/mol. The Balaban J connectivity index is 1.93. The molecule has 0 atom stereocenters. The molecule has 2 rings (SSSR count). The van der Waals surface area contributed by atoms with Crippen molar-refractivity contribution in [2.75, 3.05) is 12.3 Å². The van der Waals surface area contributed by atoms with Crippen molar-refractivity contribution in [3.05, 3.63) is 46.2 Å². The van der Waals surface area contributed by atoms with Gasteiger partial charge in [-0.15, -0.1) is 0 Å². The smallest absolute Gasteiger partial charge is 0.252 e. The number of nitrogens with zero attached hydrogens (tertiary/aromatic N) is 2. The van der Waals surface area contributed by atoms with Crippen LogP contribution in [0.5, 0.6) is 0 Å². The van der Waals surface area contributed by atoms with Crippen molar-refractivity contribution in [1.29, 1.82) is 0 Å². The van der Waals surface area contributed by atoms with Gasteiger partial charge >= 0.3 is 0 Å². The summed E-state index contributed by atoms with van der Waals surface area (Å²) in [5.74, 6) is -0.143. The fourth-order valence-electron chi connectivity index (χ4n) is 1.72. The minimum absolute atomic E-state index is 0.143. The van der Waals surface area contributed by atoms with Gasteiger partial charge in [-0.1, -0.05) is 6.07 Å². The van der Waals surface area contributed by atoms with Gasteiger partial charge in [0, 0.05) is 31.9 Å². The van der Waals surface area contributed by atoms with Gasteiger partial charge in [0.05, 0.1) is 15.7 Å². The number of carbonyl (C=O) groups excluding carboxylic acids is 1. The number of hydrogen-bond donors (Lipinski definition) is 2. The minimum Gasteiger partial charge on any atom is -0.398 e. The van der Waals surface area contributed by atoms with E-state index in [9.17, 15) is 4.79 Å². The summed E-state index contributed by atoms with van der Waals surface area (Å²) < 4.78 is 2.37. The molecule has 0 aliphatic carbocycles. The summed E-state index contributed by atoms with van der Waals surface area (Å²) >= 11 is 3.32. The lowest BCUT2D eigenvalue weighted by Gasteiger charge is -2.07. The van der Waals surface area contributed by atoms with Gasteiger partial charge in [0.15, 0.2) is 0 Å². The Bertz CT molecular complexity index is 594. The maximum atomic E-state index is 12.0. The SMILES string of the molecule is Cn1ccc(CCNC(=O)c2cccc(N)c2Br)n1. The molecule has 0 aliphatic rings. The van der Waals surface area contributed by atoms with Crippen LogP contribution in [0.2, 0.25) is 0 Å². The molecule has 1 amide bonds. The van der Waals surface area contributed by atoms with Crippen molar-refractivity contribution >= 4 is 27.5 Å². The van der Waals surface area contributed by atoms with E-state index in [2.05, 4.69) is 26.3 Å². The van der Waals surface area contributed by atoms with Gasteiger partial charge in [0.1, 0.15) is 0 Å². The Labute approximate surface area is 119 Å². The summed E-state index contributed by atoms with van der Waals surface area (Å²) in [4.78, 5) is 12.0. The first-order valence-corrected chi connectivity index (χ1v) is 6.68. The molecule has 3 N–H and O–H groups in total. The Morgan fingerprint density at radius 3 is 2.95 bits per heavy atom. The van der Waals surface area contributed by atoms with Crippen LogP contribution >= 0.6 is 15.9 Å². The molecule has 0 bridgehead atoms. The van der Waals surface area contributed by atoms with E-state index in [4.69, 9.17) is 5.73 Å². The van der Waals surface area contributed by atoms with Crippen molar-refractivity contribution < 1.29 is 4.79 Å². The third kappa shape index (κ3) is 3.35. The average molecular weight is 323 g/mol. The first-order chi connectivity index (χ1) is 9.08. The summed E-state index contributed by atoms with van der Waals surface area (Å²) in [6, 6.07) is 7.17. The van der Waals surface area contributed by atoms with Crippen LogP contribution in [-0.4, -0.2) is 22.2 Å². The van der Waals surface area contributed by atoms with Crippen LogP contribution in [-0.2, 0) is 13.5 Å². The summed E-state index contributed by atoms with van der Waals surface area (Å²) in [5.41, 5.74) is 7.79. The lowest BCUT2D eigenvalue weighted by Crippen LogP contribution is -2.26. The molecule has 5 nitrogen and oxygen atoms in total. The predicted octanol–water partition coefficient (Wildman–Crippen LogP) is 1.74. The van der Waals surface area contributed by atoms with E-state index in [0.717, 1.165) is 5.69 Å². The van der Waals surface area contributed by atoms with Crippen molar-refractivity contribution in [2.45, 2.75) is 6.42 Å². The molecule has 0 aliphatic heterocycles. The Morgan fingerprint density at radius 1 is 1.47 bits per heavy atom. The van der Waals surface area contributed by atoms with Crippen molar-refractivity contribution in [2.24, 2.45) is 7.05 Å². The second kappa shape index (κ2) is 5.88. The first-order valence-electron chi connectivity index (χ1n) is 5.88. The zero-order valence-corrected chi connectivity index (χ0v) is 12.1. The molecule has 19 heavy (non-hydrogen) atoms. The van der Waals surface area contributed by atoms with E-state index in [0.29, 0.717) is 28.7 Å². The van der Waals surface area contributed by atoms with Gasteiger partial charge in [-0.2, -0.15) is 5.10 Å². The van der Waals surface area contributed by atoms with E-state index in [1.165, 1.54) is 0 Å². The van der Waals surface area contributed by atoms with Gasteiger partial charge in [0.25, 0.3) is 5.91 Å². The highest BCUT2D eigenvalue weighted by Gasteiger charge is 2.11. The molecule has 1 heterocycles. The molecule has 0 radical (unpaired) electrons. The number of nitrogens with two attached hydrogens (primary N) is 1. The van der Waals surface area contributed by atoms with Crippen LogP contribution in [0.15, 0.2) is 34.9 Å². The number of rotatable bonds is 4. The molecular weight excluding hydrogens is 308 g/mol. The summed E-state index contributed by atoms with van der Waals surface area (Å²) in [7, 11) is 1.87. The topological polar surface area (TPSA) is 72.9 Å². The van der Waals surface area contributed by atoms with Crippen LogP contribution in [0.4, 0.5) is 5.69 Å². The maximum Gasteiger partial charge on any atom is 0.252 e. The van der Waals surface area contributed by atoms with Crippen LogP contribution in [0, 0.1) is 0 Å². The first kappa shape index (κ1) is 13.6. The van der Waals surface area contributed by atoms with Crippen LogP contribution in [0.3, 0.4) is 0 Å². The van der Waals surface area contributed by atoms with Crippen molar-refractivity contribution in [1.82, 2.24) is 15.1 Å². The van der Waals surface area contributed by atoms with Gasteiger partial charge in [-0.3, -0.25) is 9.48 Å². The number of aromatic nitrogens is 2. The van der Waals surface area contributed by atoms with Crippen molar-refractivity contribution in [3.63, 3.8) is 0 Å². The quantitative estimate of drug-likeness (QED) is 0.842. The highest BCUT2D eigenvalue weighted by molar-refractivity contribution is 9.10. The molecular formula is C13H15BrN4O. The molecule has 1 aromatic carbocycles. The van der Waals surface area contributed by atoms with Crippen molar-refractivity contribution in [3.8, 4) is 0 Å². The normalized spacial score (nSPS) is 10.4.